The Labute approximate surface area is 103 Å². The van der Waals surface area contributed by atoms with E-state index in [2.05, 4.69) is 18.3 Å². The van der Waals surface area contributed by atoms with Gasteiger partial charge in [-0.15, -0.1) is 0 Å². The lowest BCUT2D eigenvalue weighted by Gasteiger charge is -2.09. The Morgan fingerprint density at radius 3 is 3.00 bits per heavy atom. The van der Waals surface area contributed by atoms with Gasteiger partial charge in [0.15, 0.2) is 0 Å². The topological polar surface area (TPSA) is 21.3 Å². The molecule has 1 rings (SSSR count). The van der Waals surface area contributed by atoms with E-state index in [-0.39, 0.29) is 0 Å². The molecule has 0 aliphatic carbocycles. The van der Waals surface area contributed by atoms with Crippen molar-refractivity contribution in [2.45, 2.75) is 33.1 Å². The van der Waals surface area contributed by atoms with Gasteiger partial charge in [0.2, 0.25) is 0 Å². The van der Waals surface area contributed by atoms with E-state index in [4.69, 9.17) is 17.0 Å². The van der Waals surface area contributed by atoms with E-state index < -0.39 is 0 Å². The van der Waals surface area contributed by atoms with Gasteiger partial charge in [-0.2, -0.15) is 0 Å². The first-order chi connectivity index (χ1) is 7.77. The summed E-state index contributed by atoms with van der Waals surface area (Å²) >= 11 is 5.21. The number of hydrogen-bond donors (Lipinski definition) is 1. The molecule has 0 radical (unpaired) electrons. The fourth-order valence-corrected chi connectivity index (χ4v) is 1.56. The van der Waals surface area contributed by atoms with Crippen molar-refractivity contribution in [2.24, 2.45) is 0 Å². The van der Waals surface area contributed by atoms with E-state index >= 15 is 0 Å². The molecule has 0 amide bonds. The zero-order chi connectivity index (χ0) is 11.8. The molecule has 1 saturated heterocycles. The second-order valence-corrected chi connectivity index (χ2v) is 4.10. The van der Waals surface area contributed by atoms with Crippen LogP contribution in [0.2, 0.25) is 0 Å². The predicted octanol–water partition coefficient (Wildman–Crippen LogP) is 3.47. The van der Waals surface area contributed by atoms with E-state index in [9.17, 15) is 0 Å². The molecule has 0 unspecified atom stereocenters. The molecule has 1 aliphatic rings. The average Bonchev–Trinajstić information content (AvgIpc) is 2.45. The van der Waals surface area contributed by atoms with Gasteiger partial charge in [0.1, 0.15) is 5.76 Å². The highest BCUT2D eigenvalue weighted by molar-refractivity contribution is 7.80. The number of hydrogen-bond acceptors (Lipinski definition) is 2. The molecule has 0 saturated carbocycles. The minimum absolute atomic E-state index is 0.651. The summed E-state index contributed by atoms with van der Waals surface area (Å²) in [5, 5.41) is 3.24. The van der Waals surface area contributed by atoms with Crippen LogP contribution in [-0.4, -0.2) is 11.6 Å². The number of allylic oxidation sites excluding steroid dienone is 4. The van der Waals surface area contributed by atoms with E-state index in [0.29, 0.717) is 6.61 Å². The van der Waals surface area contributed by atoms with Gasteiger partial charge < -0.3 is 10.1 Å². The molecule has 1 aliphatic heterocycles. The molecule has 0 aromatic heterocycles. The number of ether oxygens (including phenoxy) is 1. The van der Waals surface area contributed by atoms with Crippen molar-refractivity contribution in [3.8, 4) is 0 Å². The van der Waals surface area contributed by atoms with Gasteiger partial charge in [0, 0.05) is 6.42 Å². The van der Waals surface area contributed by atoms with Crippen molar-refractivity contribution in [1.29, 1.82) is 0 Å². The molecule has 1 fully saturated rings. The maximum atomic E-state index is 5.68. The third-order valence-corrected chi connectivity index (χ3v) is 2.51. The van der Waals surface area contributed by atoms with Crippen molar-refractivity contribution in [2.75, 3.05) is 6.61 Å². The molecule has 1 N–H and O–H groups in total. The molecular weight excluding hydrogens is 218 g/mol. The van der Waals surface area contributed by atoms with Crippen LogP contribution in [0.15, 0.2) is 35.8 Å². The number of unbranched alkanes of at least 4 members (excludes halogenated alkanes) is 1. The number of nitrogens with one attached hydrogen (secondary N) is 1. The Balaban J connectivity index is 2.87. The second kappa shape index (κ2) is 7.23. The van der Waals surface area contributed by atoms with Crippen molar-refractivity contribution in [3.05, 3.63) is 35.8 Å². The van der Waals surface area contributed by atoms with Gasteiger partial charge in [-0.1, -0.05) is 43.8 Å². The van der Waals surface area contributed by atoms with Crippen LogP contribution in [0.25, 0.3) is 0 Å². The summed E-state index contributed by atoms with van der Waals surface area (Å²) in [5.41, 5.74) is 1.00. The standard InChI is InChI=1S/C13H19NOS/c1-3-5-7-11-12(8-6-4-2)15-10-9-13(16)14-11/h4,6-8H,3,5,9-10H2,1-2H3,(H,14,16)/b6-4-,11-7-,12-8+. The van der Waals surface area contributed by atoms with Crippen LogP contribution in [0.3, 0.4) is 0 Å². The molecule has 3 heteroatoms. The molecule has 88 valence electrons. The smallest absolute Gasteiger partial charge is 0.142 e. The summed E-state index contributed by atoms with van der Waals surface area (Å²) in [7, 11) is 0. The van der Waals surface area contributed by atoms with E-state index in [0.717, 1.165) is 35.7 Å². The Hall–Kier alpha value is -1.09. The van der Waals surface area contributed by atoms with Gasteiger partial charge in [-0.05, 0) is 19.4 Å². The molecule has 2 nitrogen and oxygen atoms in total. The SMILES string of the molecule is C\C=C/C=C1/OCCC(=S)N/C1=C\CCC. The van der Waals surface area contributed by atoms with E-state index in [1.165, 1.54) is 0 Å². The van der Waals surface area contributed by atoms with Crippen molar-refractivity contribution >= 4 is 17.2 Å². The summed E-state index contributed by atoms with van der Waals surface area (Å²) in [6.45, 7) is 4.79. The van der Waals surface area contributed by atoms with Gasteiger partial charge in [-0.25, -0.2) is 0 Å². The van der Waals surface area contributed by atoms with Crippen LogP contribution in [0.4, 0.5) is 0 Å². The Morgan fingerprint density at radius 2 is 2.31 bits per heavy atom. The molecule has 0 spiro atoms. The molecular formula is C13H19NOS. The quantitative estimate of drug-likeness (QED) is 0.759. The monoisotopic (exact) mass is 237 g/mol. The van der Waals surface area contributed by atoms with Crippen LogP contribution in [0.5, 0.6) is 0 Å². The highest BCUT2D eigenvalue weighted by Crippen LogP contribution is 2.15. The van der Waals surface area contributed by atoms with Gasteiger partial charge >= 0.3 is 0 Å². The van der Waals surface area contributed by atoms with Crippen LogP contribution < -0.4 is 5.32 Å². The summed E-state index contributed by atoms with van der Waals surface area (Å²) in [6, 6.07) is 0. The maximum Gasteiger partial charge on any atom is 0.142 e. The van der Waals surface area contributed by atoms with Crippen LogP contribution in [0, 0.1) is 0 Å². The van der Waals surface area contributed by atoms with E-state index in [1.54, 1.807) is 0 Å². The van der Waals surface area contributed by atoms with Crippen molar-refractivity contribution in [1.82, 2.24) is 5.32 Å². The third-order valence-electron chi connectivity index (χ3n) is 2.20. The first-order valence-electron chi connectivity index (χ1n) is 5.74. The Morgan fingerprint density at radius 1 is 1.50 bits per heavy atom. The molecule has 16 heavy (non-hydrogen) atoms. The number of rotatable bonds is 3. The van der Waals surface area contributed by atoms with Crippen LogP contribution in [-0.2, 0) is 4.74 Å². The minimum atomic E-state index is 0.651. The zero-order valence-electron chi connectivity index (χ0n) is 9.95. The largest absolute Gasteiger partial charge is 0.491 e. The highest BCUT2D eigenvalue weighted by Gasteiger charge is 2.12. The fraction of sp³-hybridized carbons (Fsp3) is 0.462. The average molecular weight is 237 g/mol. The minimum Gasteiger partial charge on any atom is -0.491 e. The van der Waals surface area contributed by atoms with Gasteiger partial charge in [0.05, 0.1) is 17.3 Å². The summed E-state index contributed by atoms with van der Waals surface area (Å²) < 4.78 is 5.68. The first kappa shape index (κ1) is 13.0. The maximum absolute atomic E-state index is 5.68. The normalized spacial score (nSPS) is 22.2. The summed E-state index contributed by atoms with van der Waals surface area (Å²) in [6.07, 6.45) is 11.0. The van der Waals surface area contributed by atoms with Crippen LogP contribution in [0.1, 0.15) is 33.1 Å². The summed E-state index contributed by atoms with van der Waals surface area (Å²) in [4.78, 5) is 0.853. The second-order valence-electron chi connectivity index (χ2n) is 3.61. The lowest BCUT2D eigenvalue weighted by molar-refractivity contribution is 0.233. The van der Waals surface area contributed by atoms with Crippen molar-refractivity contribution < 1.29 is 4.74 Å². The van der Waals surface area contributed by atoms with Gasteiger partial charge in [-0.3, -0.25) is 0 Å². The Bertz CT molecular complexity index is 329. The van der Waals surface area contributed by atoms with E-state index in [1.807, 2.05) is 25.2 Å². The van der Waals surface area contributed by atoms with Gasteiger partial charge in [0.25, 0.3) is 0 Å². The highest BCUT2D eigenvalue weighted by atomic mass is 32.1. The third kappa shape index (κ3) is 4.19. The molecule has 1 heterocycles. The Kier molecular flexibility index (Phi) is 5.86. The lowest BCUT2D eigenvalue weighted by Crippen LogP contribution is -2.19. The number of thiocarbonyl (C=S) groups is 1. The fourth-order valence-electron chi connectivity index (χ4n) is 1.37. The molecule has 0 aromatic rings. The lowest BCUT2D eigenvalue weighted by atomic mass is 10.2. The predicted molar refractivity (Wildman–Crippen MR) is 72.2 cm³/mol. The van der Waals surface area contributed by atoms with Crippen molar-refractivity contribution in [3.63, 3.8) is 0 Å². The zero-order valence-corrected chi connectivity index (χ0v) is 10.8. The molecule has 0 atom stereocenters. The molecule has 0 bridgehead atoms. The summed E-state index contributed by atoms with van der Waals surface area (Å²) in [5.74, 6) is 0.881. The molecule has 0 aromatic carbocycles. The van der Waals surface area contributed by atoms with Crippen LogP contribution >= 0.6 is 12.2 Å². The first-order valence-corrected chi connectivity index (χ1v) is 6.15.